The Labute approximate surface area is 152 Å². The van der Waals surface area contributed by atoms with Gasteiger partial charge in [-0.3, -0.25) is 10.2 Å². The first kappa shape index (κ1) is 16.3. The third kappa shape index (κ3) is 3.42. The Bertz CT molecular complexity index is 1020. The van der Waals surface area contributed by atoms with E-state index in [1.54, 1.807) is 12.3 Å². The first-order valence-electron chi connectivity index (χ1n) is 8.88. The van der Waals surface area contributed by atoms with E-state index in [0.29, 0.717) is 0 Å². The van der Waals surface area contributed by atoms with E-state index in [2.05, 4.69) is 45.2 Å². The van der Waals surface area contributed by atoms with Crippen molar-refractivity contribution in [2.24, 2.45) is 4.99 Å². The number of rotatable bonds is 5. The maximum Gasteiger partial charge on any atom is 0.0665 e. The molecule has 0 bridgehead atoms. The average molecular weight is 343 g/mol. The van der Waals surface area contributed by atoms with Crippen LogP contribution in [0.4, 0.5) is 5.69 Å². The number of hydrogen-bond donors (Lipinski definition) is 2. The first-order chi connectivity index (χ1) is 12.8. The molecule has 3 aromatic rings. The highest BCUT2D eigenvalue weighted by Crippen LogP contribution is 2.25. The summed E-state index contributed by atoms with van der Waals surface area (Å²) in [6, 6.07) is 6.09. The van der Waals surface area contributed by atoms with Crippen molar-refractivity contribution in [2.75, 3.05) is 0 Å². The van der Waals surface area contributed by atoms with Crippen molar-refractivity contribution in [1.82, 2.24) is 20.4 Å². The van der Waals surface area contributed by atoms with Gasteiger partial charge in [0.1, 0.15) is 0 Å². The summed E-state index contributed by atoms with van der Waals surface area (Å²) >= 11 is 0. The summed E-state index contributed by atoms with van der Waals surface area (Å²) in [6.45, 7) is 3.82. The first-order valence-corrected chi connectivity index (χ1v) is 8.88. The standard InChI is InChI=1S/C21H21N5/c1-2-19-16(13-22-25-19)8-10-20(15-6-4-3-5-7-15)24-18-9-11-21-17(12-18)14-23-26-21/h2,6,8-14H,1,3-5,7H2,(H,22,25)(H,23,26)/b10-8+,24-20-. The molecule has 0 radical (unpaired) electrons. The molecule has 0 spiro atoms. The van der Waals surface area contributed by atoms with Crippen molar-refractivity contribution in [3.05, 3.63) is 66.2 Å². The lowest BCUT2D eigenvalue weighted by Crippen LogP contribution is -2.03. The summed E-state index contributed by atoms with van der Waals surface area (Å²) < 4.78 is 0. The molecule has 130 valence electrons. The van der Waals surface area contributed by atoms with Crippen LogP contribution in [0.3, 0.4) is 0 Å². The van der Waals surface area contributed by atoms with Gasteiger partial charge >= 0.3 is 0 Å². The van der Waals surface area contributed by atoms with E-state index in [9.17, 15) is 0 Å². The molecule has 0 atom stereocenters. The second kappa shape index (κ2) is 7.35. The van der Waals surface area contributed by atoms with Crippen molar-refractivity contribution in [2.45, 2.75) is 25.7 Å². The highest BCUT2D eigenvalue weighted by molar-refractivity contribution is 6.12. The number of aromatic amines is 2. The van der Waals surface area contributed by atoms with E-state index in [1.165, 1.54) is 18.4 Å². The molecule has 5 heteroatoms. The van der Waals surface area contributed by atoms with Crippen molar-refractivity contribution in [3.8, 4) is 0 Å². The van der Waals surface area contributed by atoms with Gasteiger partial charge in [-0.05, 0) is 67.7 Å². The molecule has 4 rings (SSSR count). The van der Waals surface area contributed by atoms with Crippen LogP contribution in [0.25, 0.3) is 23.1 Å². The van der Waals surface area contributed by atoms with Crippen LogP contribution in [0, 0.1) is 0 Å². The van der Waals surface area contributed by atoms with Crippen LogP contribution in [-0.4, -0.2) is 26.1 Å². The zero-order chi connectivity index (χ0) is 17.8. The van der Waals surface area contributed by atoms with Crippen LogP contribution in [0.1, 0.15) is 36.9 Å². The van der Waals surface area contributed by atoms with E-state index >= 15 is 0 Å². The number of fused-ring (bicyclic) bond motifs is 1. The van der Waals surface area contributed by atoms with Crippen molar-refractivity contribution in [1.29, 1.82) is 0 Å². The molecule has 0 amide bonds. The number of nitrogens with one attached hydrogen (secondary N) is 2. The number of aliphatic imine (C=N–C) groups is 1. The van der Waals surface area contributed by atoms with Gasteiger partial charge in [0.15, 0.2) is 0 Å². The number of H-pyrrole nitrogens is 2. The molecule has 1 aliphatic carbocycles. The molecule has 2 heterocycles. The molecule has 0 saturated heterocycles. The molecule has 1 aliphatic rings. The van der Waals surface area contributed by atoms with Gasteiger partial charge in [-0.25, -0.2) is 4.99 Å². The molecule has 0 aliphatic heterocycles. The molecule has 2 aromatic heterocycles. The van der Waals surface area contributed by atoms with Crippen molar-refractivity contribution >= 4 is 34.5 Å². The monoisotopic (exact) mass is 343 g/mol. The Balaban J connectivity index is 1.72. The van der Waals surface area contributed by atoms with Gasteiger partial charge in [0, 0.05) is 10.9 Å². The van der Waals surface area contributed by atoms with Crippen LogP contribution in [0.2, 0.25) is 0 Å². The van der Waals surface area contributed by atoms with Crippen LogP contribution in [0.15, 0.2) is 59.9 Å². The van der Waals surface area contributed by atoms with Crippen molar-refractivity contribution in [3.63, 3.8) is 0 Å². The minimum Gasteiger partial charge on any atom is -0.278 e. The van der Waals surface area contributed by atoms with E-state index in [-0.39, 0.29) is 0 Å². The van der Waals surface area contributed by atoms with Gasteiger partial charge in [-0.15, -0.1) is 0 Å². The molecule has 5 nitrogen and oxygen atoms in total. The zero-order valence-corrected chi connectivity index (χ0v) is 14.6. The lowest BCUT2D eigenvalue weighted by Gasteiger charge is -2.13. The predicted octanol–water partition coefficient (Wildman–Crippen LogP) is 5.22. The maximum absolute atomic E-state index is 4.93. The Kier molecular flexibility index (Phi) is 4.60. The topological polar surface area (TPSA) is 69.7 Å². The lowest BCUT2D eigenvalue weighted by atomic mass is 9.95. The summed E-state index contributed by atoms with van der Waals surface area (Å²) in [6.07, 6.45) is 16.5. The number of nitrogens with zero attached hydrogens (tertiary/aromatic N) is 3. The van der Waals surface area contributed by atoms with Crippen molar-refractivity contribution < 1.29 is 0 Å². The SMILES string of the molecule is C=Cc1[nH]ncc1/C=C/C(=N/c1ccc2[nH]ncc2c1)C1=CCCCC1. The van der Waals surface area contributed by atoms with Gasteiger partial charge in [-0.1, -0.05) is 12.7 Å². The molecule has 2 N–H and O–H groups in total. The van der Waals surface area contributed by atoms with E-state index in [4.69, 9.17) is 4.99 Å². The Morgan fingerprint density at radius 1 is 1.15 bits per heavy atom. The molecule has 1 aromatic carbocycles. The fourth-order valence-corrected chi connectivity index (χ4v) is 3.20. The highest BCUT2D eigenvalue weighted by Gasteiger charge is 2.09. The molecule has 0 fully saturated rings. The largest absolute Gasteiger partial charge is 0.278 e. The van der Waals surface area contributed by atoms with E-state index in [1.807, 2.05) is 24.4 Å². The van der Waals surface area contributed by atoms with Gasteiger partial charge in [0.25, 0.3) is 0 Å². The van der Waals surface area contributed by atoms with Crippen LogP contribution < -0.4 is 0 Å². The number of allylic oxidation sites excluding steroid dienone is 3. The fourth-order valence-electron chi connectivity index (χ4n) is 3.20. The molecule has 0 saturated carbocycles. The normalized spacial score (nSPS) is 15.5. The van der Waals surface area contributed by atoms with Gasteiger partial charge < -0.3 is 0 Å². The van der Waals surface area contributed by atoms with E-state index < -0.39 is 0 Å². The summed E-state index contributed by atoms with van der Waals surface area (Å²) in [7, 11) is 0. The third-order valence-corrected chi connectivity index (χ3v) is 4.62. The van der Waals surface area contributed by atoms with Gasteiger partial charge in [0.05, 0.1) is 35.0 Å². The third-order valence-electron chi connectivity index (χ3n) is 4.62. The second-order valence-electron chi connectivity index (χ2n) is 6.39. The fraction of sp³-hybridized carbons (Fsp3) is 0.190. The number of benzene rings is 1. The Hall–Kier alpha value is -3.21. The average Bonchev–Trinajstić information content (AvgIpc) is 3.34. The molecular formula is C21H21N5. The summed E-state index contributed by atoms with van der Waals surface area (Å²) in [5.41, 5.74) is 6.19. The molecule has 26 heavy (non-hydrogen) atoms. The highest BCUT2D eigenvalue weighted by atomic mass is 15.1. The summed E-state index contributed by atoms with van der Waals surface area (Å²) in [5, 5.41) is 15.1. The van der Waals surface area contributed by atoms with Crippen LogP contribution in [0.5, 0.6) is 0 Å². The minimum atomic E-state index is 0.915. The molecule has 0 unspecified atom stereocenters. The Morgan fingerprint density at radius 2 is 2.08 bits per heavy atom. The Morgan fingerprint density at radius 3 is 2.92 bits per heavy atom. The lowest BCUT2D eigenvalue weighted by molar-refractivity contribution is 0.717. The minimum absolute atomic E-state index is 0.915. The number of hydrogen-bond acceptors (Lipinski definition) is 3. The van der Waals surface area contributed by atoms with Gasteiger partial charge in [-0.2, -0.15) is 10.2 Å². The van der Waals surface area contributed by atoms with Crippen LogP contribution in [-0.2, 0) is 0 Å². The summed E-state index contributed by atoms with van der Waals surface area (Å²) in [5.74, 6) is 0. The van der Waals surface area contributed by atoms with E-state index in [0.717, 1.165) is 46.4 Å². The zero-order valence-electron chi connectivity index (χ0n) is 14.6. The maximum atomic E-state index is 4.93. The predicted molar refractivity (Wildman–Crippen MR) is 107 cm³/mol. The second-order valence-corrected chi connectivity index (χ2v) is 6.39. The molecular weight excluding hydrogens is 322 g/mol. The van der Waals surface area contributed by atoms with Gasteiger partial charge in [0.2, 0.25) is 0 Å². The number of aromatic nitrogens is 4. The summed E-state index contributed by atoms with van der Waals surface area (Å²) in [4.78, 5) is 4.93. The quantitative estimate of drug-likeness (QED) is 0.624. The van der Waals surface area contributed by atoms with Crippen LogP contribution >= 0.6 is 0 Å². The smallest absolute Gasteiger partial charge is 0.0665 e.